The fourth-order valence-electron chi connectivity index (χ4n) is 1.97. The molecule has 1 saturated heterocycles. The smallest absolute Gasteiger partial charge is 0.410 e. The highest BCUT2D eigenvalue weighted by Gasteiger charge is 2.35. The summed E-state index contributed by atoms with van der Waals surface area (Å²) in [5, 5.41) is 0. The highest BCUT2D eigenvalue weighted by atomic mass is 16.6. The van der Waals surface area contributed by atoms with Crippen LogP contribution in [-0.4, -0.2) is 43.3 Å². The molecule has 0 aromatic carbocycles. The minimum Gasteiger partial charge on any atom is -0.464 e. The van der Waals surface area contributed by atoms with Crippen molar-refractivity contribution in [3.63, 3.8) is 0 Å². The molecule has 0 radical (unpaired) electrons. The number of nitrogens with zero attached hydrogens (tertiary/aromatic N) is 1. The zero-order chi connectivity index (χ0) is 12.7. The van der Waals surface area contributed by atoms with Crippen LogP contribution in [0.1, 0.15) is 39.0 Å². The molecular weight excluding hydrogens is 222 g/mol. The summed E-state index contributed by atoms with van der Waals surface area (Å²) in [4.78, 5) is 24.6. The first-order valence-electron chi connectivity index (χ1n) is 6.22. The molecule has 0 aromatic rings. The van der Waals surface area contributed by atoms with Gasteiger partial charge in [0.05, 0.1) is 13.7 Å². The van der Waals surface area contributed by atoms with Gasteiger partial charge in [-0.2, -0.15) is 0 Å². The molecular formula is C12H21NO4. The Bertz CT molecular complexity index is 267. The summed E-state index contributed by atoms with van der Waals surface area (Å²) in [6.07, 6.45) is 4.07. The maximum atomic E-state index is 11.8. The van der Waals surface area contributed by atoms with Gasteiger partial charge in [-0.05, 0) is 19.3 Å². The van der Waals surface area contributed by atoms with Crippen LogP contribution in [-0.2, 0) is 14.3 Å². The van der Waals surface area contributed by atoms with Crippen molar-refractivity contribution in [2.75, 3.05) is 20.3 Å². The van der Waals surface area contributed by atoms with Crippen LogP contribution in [0.3, 0.4) is 0 Å². The fraction of sp³-hybridized carbons (Fsp3) is 0.833. The molecule has 0 bridgehead atoms. The van der Waals surface area contributed by atoms with Gasteiger partial charge in [-0.3, -0.25) is 4.90 Å². The summed E-state index contributed by atoms with van der Waals surface area (Å²) < 4.78 is 9.80. The van der Waals surface area contributed by atoms with Gasteiger partial charge in [0.1, 0.15) is 6.04 Å². The number of rotatable bonds is 5. The van der Waals surface area contributed by atoms with E-state index < -0.39 is 12.1 Å². The van der Waals surface area contributed by atoms with E-state index in [0.29, 0.717) is 19.6 Å². The second-order valence-corrected chi connectivity index (χ2v) is 4.20. The average Bonchev–Trinajstić information content (AvgIpc) is 2.82. The number of likely N-dealkylation sites (tertiary alicyclic amines) is 1. The Labute approximate surface area is 102 Å². The van der Waals surface area contributed by atoms with Gasteiger partial charge in [-0.25, -0.2) is 9.59 Å². The van der Waals surface area contributed by atoms with E-state index in [9.17, 15) is 9.59 Å². The van der Waals surface area contributed by atoms with Gasteiger partial charge in [0.25, 0.3) is 0 Å². The second-order valence-electron chi connectivity index (χ2n) is 4.20. The first-order valence-corrected chi connectivity index (χ1v) is 6.22. The van der Waals surface area contributed by atoms with Crippen molar-refractivity contribution in [1.82, 2.24) is 4.90 Å². The van der Waals surface area contributed by atoms with Gasteiger partial charge in [-0.15, -0.1) is 0 Å². The molecule has 1 amide bonds. The predicted molar refractivity (Wildman–Crippen MR) is 62.6 cm³/mol. The van der Waals surface area contributed by atoms with E-state index >= 15 is 0 Å². The summed E-state index contributed by atoms with van der Waals surface area (Å²) in [6.45, 7) is 3.11. The summed E-state index contributed by atoms with van der Waals surface area (Å²) in [6, 6.07) is -0.455. The average molecular weight is 243 g/mol. The van der Waals surface area contributed by atoms with Crippen molar-refractivity contribution in [1.29, 1.82) is 0 Å². The van der Waals surface area contributed by atoms with Crippen molar-refractivity contribution in [2.24, 2.45) is 0 Å². The van der Waals surface area contributed by atoms with Crippen molar-refractivity contribution in [3.05, 3.63) is 0 Å². The highest BCUT2D eigenvalue weighted by Crippen LogP contribution is 2.19. The van der Waals surface area contributed by atoms with Crippen LogP contribution in [0, 0.1) is 0 Å². The van der Waals surface area contributed by atoms with Gasteiger partial charge in [0.15, 0.2) is 0 Å². The standard InChI is InChI=1S/C12H21NO4/c1-3-4-5-9-17-11(14)10-7-6-8-13(10)12(15)16-2/h10H,3-9H2,1-2H3. The van der Waals surface area contributed by atoms with Crippen LogP contribution >= 0.6 is 0 Å². The first kappa shape index (κ1) is 13.8. The summed E-state index contributed by atoms with van der Waals surface area (Å²) in [7, 11) is 1.32. The molecule has 0 spiro atoms. The minimum absolute atomic E-state index is 0.302. The van der Waals surface area contributed by atoms with Gasteiger partial charge >= 0.3 is 12.1 Å². The van der Waals surface area contributed by atoms with Crippen LogP contribution in [0.2, 0.25) is 0 Å². The third kappa shape index (κ3) is 3.91. The Hall–Kier alpha value is -1.26. The highest BCUT2D eigenvalue weighted by molar-refractivity contribution is 5.82. The van der Waals surface area contributed by atoms with E-state index in [2.05, 4.69) is 11.7 Å². The number of hydrogen-bond acceptors (Lipinski definition) is 4. The molecule has 1 aliphatic rings. The van der Waals surface area contributed by atoms with Crippen LogP contribution in [0.5, 0.6) is 0 Å². The molecule has 0 aliphatic carbocycles. The number of amides is 1. The zero-order valence-corrected chi connectivity index (χ0v) is 10.6. The lowest BCUT2D eigenvalue weighted by Crippen LogP contribution is -2.41. The number of carbonyl (C=O) groups is 2. The van der Waals surface area contributed by atoms with E-state index in [0.717, 1.165) is 25.7 Å². The lowest BCUT2D eigenvalue weighted by Gasteiger charge is -2.21. The zero-order valence-electron chi connectivity index (χ0n) is 10.6. The summed E-state index contributed by atoms with van der Waals surface area (Å²) in [5.41, 5.74) is 0. The topological polar surface area (TPSA) is 55.8 Å². The predicted octanol–water partition coefficient (Wildman–Crippen LogP) is 1.95. The number of esters is 1. The maximum absolute atomic E-state index is 11.8. The van der Waals surface area contributed by atoms with E-state index in [-0.39, 0.29) is 5.97 Å². The molecule has 1 heterocycles. The third-order valence-electron chi connectivity index (χ3n) is 2.93. The number of hydrogen-bond donors (Lipinski definition) is 0. The Kier molecular flexibility index (Phi) is 5.80. The number of unbranched alkanes of at least 4 members (excludes halogenated alkanes) is 2. The van der Waals surface area contributed by atoms with Crippen molar-refractivity contribution in [3.8, 4) is 0 Å². The Morgan fingerprint density at radius 2 is 2.12 bits per heavy atom. The van der Waals surface area contributed by atoms with Crippen molar-refractivity contribution >= 4 is 12.1 Å². The van der Waals surface area contributed by atoms with Gasteiger partial charge < -0.3 is 9.47 Å². The molecule has 1 unspecified atom stereocenters. The third-order valence-corrected chi connectivity index (χ3v) is 2.93. The van der Waals surface area contributed by atoms with Crippen LogP contribution in [0.25, 0.3) is 0 Å². The van der Waals surface area contributed by atoms with Crippen LogP contribution in [0.15, 0.2) is 0 Å². The molecule has 17 heavy (non-hydrogen) atoms. The van der Waals surface area contributed by atoms with Crippen LogP contribution < -0.4 is 0 Å². The molecule has 5 heteroatoms. The molecule has 1 aliphatic heterocycles. The normalized spacial score (nSPS) is 19.2. The van der Waals surface area contributed by atoms with Gasteiger partial charge in [0, 0.05) is 6.54 Å². The molecule has 98 valence electrons. The second kappa shape index (κ2) is 7.14. The minimum atomic E-state index is -0.455. The molecule has 1 atom stereocenters. The lowest BCUT2D eigenvalue weighted by atomic mass is 10.2. The number of methoxy groups -OCH3 is 1. The maximum Gasteiger partial charge on any atom is 0.410 e. The molecule has 5 nitrogen and oxygen atoms in total. The molecule has 1 fully saturated rings. The fourth-order valence-corrected chi connectivity index (χ4v) is 1.97. The Morgan fingerprint density at radius 3 is 2.76 bits per heavy atom. The Morgan fingerprint density at radius 1 is 1.35 bits per heavy atom. The lowest BCUT2D eigenvalue weighted by molar-refractivity contribution is -0.148. The molecule has 1 rings (SSSR count). The molecule has 0 N–H and O–H groups in total. The van der Waals surface area contributed by atoms with Crippen molar-refractivity contribution in [2.45, 2.75) is 45.1 Å². The summed E-state index contributed by atoms with van der Waals surface area (Å²) in [5.74, 6) is -0.302. The first-order chi connectivity index (χ1) is 8.20. The Balaban J connectivity index is 2.37. The molecule has 0 saturated carbocycles. The molecule has 0 aromatic heterocycles. The SMILES string of the molecule is CCCCCOC(=O)C1CCCN1C(=O)OC. The van der Waals surface area contributed by atoms with E-state index in [1.165, 1.54) is 12.0 Å². The van der Waals surface area contributed by atoms with Gasteiger partial charge in [0.2, 0.25) is 0 Å². The largest absolute Gasteiger partial charge is 0.464 e. The van der Waals surface area contributed by atoms with Crippen molar-refractivity contribution < 1.29 is 19.1 Å². The summed E-state index contributed by atoms with van der Waals surface area (Å²) >= 11 is 0. The van der Waals surface area contributed by atoms with E-state index in [4.69, 9.17) is 4.74 Å². The van der Waals surface area contributed by atoms with Crippen LogP contribution in [0.4, 0.5) is 4.79 Å². The number of ether oxygens (including phenoxy) is 2. The quantitative estimate of drug-likeness (QED) is 0.547. The van der Waals surface area contributed by atoms with E-state index in [1.54, 1.807) is 0 Å². The monoisotopic (exact) mass is 243 g/mol. The van der Waals surface area contributed by atoms with Gasteiger partial charge in [-0.1, -0.05) is 19.8 Å². The number of carbonyl (C=O) groups excluding carboxylic acids is 2. The van der Waals surface area contributed by atoms with E-state index in [1.807, 2.05) is 0 Å².